The zero-order valence-electron chi connectivity index (χ0n) is 6.09. The van der Waals surface area contributed by atoms with Gasteiger partial charge in [0.15, 0.2) is 0 Å². The minimum absolute atomic E-state index is 0.678. The molecule has 0 aromatic carbocycles. The lowest BCUT2D eigenvalue weighted by atomic mass is 10.1. The van der Waals surface area contributed by atoms with Crippen LogP contribution >= 0.6 is 0 Å². The Bertz CT molecular complexity index is 106. The van der Waals surface area contributed by atoms with E-state index in [9.17, 15) is 0 Å². The molecule has 0 fully saturated rings. The maximum Gasteiger partial charge on any atom is 0.0771 e. The Kier molecular flexibility index (Phi) is 3.25. The van der Waals surface area contributed by atoms with Crippen LogP contribution in [0, 0.1) is 0 Å². The first-order valence-electron chi connectivity index (χ1n) is 3.07. The highest BCUT2D eigenvalue weighted by atomic mass is 16.3. The highest BCUT2D eigenvalue weighted by Gasteiger charge is 2.03. The average Bonchev–Trinajstić information content (AvgIpc) is 1.63. The fraction of sp³-hybridized carbons (Fsp3) is 0.500. The fourth-order valence-corrected chi connectivity index (χ4v) is 0.453. The van der Waals surface area contributed by atoms with Crippen LogP contribution < -0.4 is 0 Å². The molecular weight excluding hydrogens is 112 g/mol. The minimum Gasteiger partial charge on any atom is -0.386 e. The molecule has 0 heterocycles. The molecule has 0 spiro atoms. The molecule has 0 amide bonds. The van der Waals surface area contributed by atoms with E-state index in [0.717, 1.165) is 6.42 Å². The van der Waals surface area contributed by atoms with Gasteiger partial charge in [-0.1, -0.05) is 18.2 Å². The molecule has 0 rings (SSSR count). The zero-order valence-corrected chi connectivity index (χ0v) is 6.09. The molecule has 0 radical (unpaired) electrons. The van der Waals surface area contributed by atoms with Crippen molar-refractivity contribution in [2.24, 2.45) is 0 Å². The normalized spacial score (nSPS) is 12.3. The van der Waals surface area contributed by atoms with Crippen LogP contribution in [0.15, 0.2) is 24.8 Å². The first kappa shape index (κ1) is 8.44. The summed E-state index contributed by atoms with van der Waals surface area (Å²) < 4.78 is 0. The van der Waals surface area contributed by atoms with Crippen LogP contribution in [0.3, 0.4) is 0 Å². The molecule has 1 heteroatoms. The molecule has 0 unspecified atom stereocenters. The lowest BCUT2D eigenvalue weighted by Gasteiger charge is -2.09. The highest BCUT2D eigenvalue weighted by molar-refractivity contribution is 4.97. The van der Waals surface area contributed by atoms with Crippen LogP contribution in [0.4, 0.5) is 0 Å². The summed E-state index contributed by atoms with van der Waals surface area (Å²) in [5.74, 6) is 0. The van der Waals surface area contributed by atoms with Gasteiger partial charge in [-0.25, -0.2) is 0 Å². The molecule has 52 valence electrons. The number of allylic oxidation sites excluding steroid dienone is 2. The minimum atomic E-state index is -0.678. The number of hydrogen-bond donors (Lipinski definition) is 1. The van der Waals surface area contributed by atoms with Crippen molar-refractivity contribution in [2.75, 3.05) is 0 Å². The summed E-state index contributed by atoms with van der Waals surface area (Å²) in [5.41, 5.74) is -0.678. The van der Waals surface area contributed by atoms with Crippen molar-refractivity contribution in [2.45, 2.75) is 25.9 Å². The molecule has 0 aromatic heterocycles. The molecule has 1 nitrogen and oxygen atoms in total. The van der Waals surface area contributed by atoms with E-state index in [0.29, 0.717) is 0 Å². The molecule has 1 N–H and O–H groups in total. The summed E-state index contributed by atoms with van der Waals surface area (Å²) in [6, 6.07) is 0. The third-order valence-electron chi connectivity index (χ3n) is 0.828. The molecule has 0 aliphatic heterocycles. The lowest BCUT2D eigenvalue weighted by Crippen LogP contribution is -2.13. The standard InChI is InChI=1S/C8H14O/c1-4-5-6-7-8(2,3)9/h4,6-7,9H,1,5H2,2-3H3. The van der Waals surface area contributed by atoms with Crippen LogP contribution in [-0.2, 0) is 0 Å². The van der Waals surface area contributed by atoms with Gasteiger partial charge in [-0.2, -0.15) is 0 Å². The zero-order chi connectivity index (χ0) is 7.33. The Hall–Kier alpha value is -0.560. The van der Waals surface area contributed by atoms with Gasteiger partial charge in [0.2, 0.25) is 0 Å². The van der Waals surface area contributed by atoms with Crippen LogP contribution in [-0.4, -0.2) is 10.7 Å². The maximum atomic E-state index is 9.12. The first-order chi connectivity index (χ1) is 4.06. The van der Waals surface area contributed by atoms with E-state index in [1.165, 1.54) is 0 Å². The summed E-state index contributed by atoms with van der Waals surface area (Å²) in [6.07, 6.45) is 6.27. The molecule has 0 atom stereocenters. The van der Waals surface area contributed by atoms with E-state index < -0.39 is 5.60 Å². The van der Waals surface area contributed by atoms with Crippen LogP contribution in [0.1, 0.15) is 20.3 Å². The molecule has 0 saturated heterocycles. The summed E-state index contributed by atoms with van der Waals surface area (Å²) in [7, 11) is 0. The summed E-state index contributed by atoms with van der Waals surface area (Å²) in [5, 5.41) is 9.12. The topological polar surface area (TPSA) is 20.2 Å². The van der Waals surface area contributed by atoms with E-state index in [1.807, 2.05) is 6.08 Å². The molecule has 0 aliphatic carbocycles. The Labute approximate surface area is 56.7 Å². The van der Waals surface area contributed by atoms with Gasteiger partial charge < -0.3 is 5.11 Å². The predicted octanol–water partition coefficient (Wildman–Crippen LogP) is 1.89. The number of aliphatic hydroxyl groups is 1. The molecular formula is C8H14O. The summed E-state index contributed by atoms with van der Waals surface area (Å²) in [6.45, 7) is 7.03. The Morgan fingerprint density at radius 2 is 2.11 bits per heavy atom. The van der Waals surface area contributed by atoms with Gasteiger partial charge >= 0.3 is 0 Å². The smallest absolute Gasteiger partial charge is 0.0771 e. The third kappa shape index (κ3) is 7.44. The van der Waals surface area contributed by atoms with Crippen LogP contribution in [0.25, 0.3) is 0 Å². The quantitative estimate of drug-likeness (QED) is 0.572. The third-order valence-corrected chi connectivity index (χ3v) is 0.828. The Morgan fingerprint density at radius 1 is 1.56 bits per heavy atom. The molecule has 0 bridgehead atoms. The summed E-state index contributed by atoms with van der Waals surface area (Å²) >= 11 is 0. The van der Waals surface area contributed by atoms with Gasteiger partial charge in [0, 0.05) is 0 Å². The van der Waals surface area contributed by atoms with Gasteiger partial charge in [0.05, 0.1) is 5.60 Å². The second-order valence-electron chi connectivity index (χ2n) is 2.58. The molecule has 0 aliphatic rings. The van der Waals surface area contributed by atoms with Gasteiger partial charge in [-0.15, -0.1) is 6.58 Å². The van der Waals surface area contributed by atoms with Gasteiger partial charge in [0.1, 0.15) is 0 Å². The monoisotopic (exact) mass is 126 g/mol. The van der Waals surface area contributed by atoms with E-state index in [4.69, 9.17) is 5.11 Å². The summed E-state index contributed by atoms with van der Waals surface area (Å²) in [4.78, 5) is 0. The Balaban J connectivity index is 3.57. The van der Waals surface area contributed by atoms with Crippen molar-refractivity contribution in [1.29, 1.82) is 0 Å². The Morgan fingerprint density at radius 3 is 2.44 bits per heavy atom. The van der Waals surface area contributed by atoms with Gasteiger partial charge in [-0.3, -0.25) is 0 Å². The van der Waals surface area contributed by atoms with Crippen molar-refractivity contribution in [3.8, 4) is 0 Å². The average molecular weight is 126 g/mol. The van der Waals surface area contributed by atoms with E-state index in [1.54, 1.807) is 26.0 Å². The first-order valence-corrected chi connectivity index (χ1v) is 3.07. The maximum absolute atomic E-state index is 9.12. The van der Waals surface area contributed by atoms with Crippen molar-refractivity contribution in [1.82, 2.24) is 0 Å². The van der Waals surface area contributed by atoms with E-state index in [-0.39, 0.29) is 0 Å². The lowest BCUT2D eigenvalue weighted by molar-refractivity contribution is 0.133. The van der Waals surface area contributed by atoms with Crippen LogP contribution in [0.5, 0.6) is 0 Å². The number of rotatable bonds is 3. The van der Waals surface area contributed by atoms with Crippen molar-refractivity contribution < 1.29 is 5.11 Å². The SMILES string of the molecule is C=CCC=CC(C)(C)O. The van der Waals surface area contributed by atoms with E-state index in [2.05, 4.69) is 6.58 Å². The second kappa shape index (κ2) is 3.46. The highest BCUT2D eigenvalue weighted by Crippen LogP contribution is 2.02. The van der Waals surface area contributed by atoms with Crippen molar-refractivity contribution >= 4 is 0 Å². The molecule has 0 saturated carbocycles. The van der Waals surface area contributed by atoms with Crippen LogP contribution in [0.2, 0.25) is 0 Å². The molecule has 0 aromatic rings. The fourth-order valence-electron chi connectivity index (χ4n) is 0.453. The van der Waals surface area contributed by atoms with Crippen molar-refractivity contribution in [3.05, 3.63) is 24.8 Å². The van der Waals surface area contributed by atoms with Gasteiger partial charge in [0.25, 0.3) is 0 Å². The predicted molar refractivity (Wildman–Crippen MR) is 40.3 cm³/mol. The van der Waals surface area contributed by atoms with Crippen molar-refractivity contribution in [3.63, 3.8) is 0 Å². The largest absolute Gasteiger partial charge is 0.386 e. The van der Waals surface area contributed by atoms with E-state index >= 15 is 0 Å². The number of hydrogen-bond acceptors (Lipinski definition) is 1. The second-order valence-corrected chi connectivity index (χ2v) is 2.58. The van der Waals surface area contributed by atoms with Gasteiger partial charge in [-0.05, 0) is 20.3 Å². The molecule has 9 heavy (non-hydrogen) atoms.